The Morgan fingerprint density at radius 3 is 2.79 bits per heavy atom. The number of hydrogen-bond donors (Lipinski definition) is 1. The number of carbonyl (C=O) groups excluding carboxylic acids is 1. The summed E-state index contributed by atoms with van der Waals surface area (Å²) in [4.78, 5) is 12.3. The predicted octanol–water partition coefficient (Wildman–Crippen LogP) is 3.10. The van der Waals surface area contributed by atoms with Crippen LogP contribution in [-0.4, -0.2) is 12.3 Å². The van der Waals surface area contributed by atoms with Crippen molar-refractivity contribution >= 4 is 28.7 Å². The Hall–Kier alpha value is -0.380. The first kappa shape index (κ1) is 11.7. The minimum Gasteiger partial charge on any atom is -0.330 e. The molecular formula is C10H14ClNOS. The van der Waals surface area contributed by atoms with E-state index in [1.165, 1.54) is 11.3 Å². The normalized spacial score (nSPS) is 10.4. The molecule has 0 aliphatic heterocycles. The van der Waals surface area contributed by atoms with Gasteiger partial charge in [-0.15, -0.1) is 11.3 Å². The van der Waals surface area contributed by atoms with Gasteiger partial charge in [0.1, 0.15) is 0 Å². The average Bonchev–Trinajstić information content (AvgIpc) is 2.59. The highest BCUT2D eigenvalue weighted by Crippen LogP contribution is 2.24. The zero-order chi connectivity index (χ0) is 10.4. The molecule has 1 aromatic heterocycles. The third kappa shape index (κ3) is 3.40. The number of nitrogens with two attached hydrogens (primary N) is 1. The molecule has 2 nitrogen and oxygen atoms in total. The second kappa shape index (κ2) is 6.17. The predicted molar refractivity (Wildman–Crippen MR) is 61.2 cm³/mol. The summed E-state index contributed by atoms with van der Waals surface area (Å²) in [7, 11) is 0. The van der Waals surface area contributed by atoms with E-state index in [1.807, 2.05) is 5.38 Å². The number of ketones is 1. The quantitative estimate of drug-likeness (QED) is 0.604. The maximum atomic E-state index is 11.6. The van der Waals surface area contributed by atoms with Gasteiger partial charge in [0.05, 0.1) is 9.90 Å². The number of thiophene rings is 1. The zero-order valence-electron chi connectivity index (χ0n) is 7.96. The highest BCUT2D eigenvalue weighted by molar-refractivity contribution is 7.12. The van der Waals surface area contributed by atoms with Crippen molar-refractivity contribution in [2.45, 2.75) is 25.7 Å². The molecule has 0 amide bonds. The number of unbranched alkanes of at least 4 members (excludes halogenated alkanes) is 2. The number of halogens is 1. The van der Waals surface area contributed by atoms with Gasteiger partial charge in [-0.25, -0.2) is 0 Å². The van der Waals surface area contributed by atoms with Crippen LogP contribution in [0.25, 0.3) is 0 Å². The van der Waals surface area contributed by atoms with E-state index in [9.17, 15) is 4.79 Å². The Bertz CT molecular complexity index is 298. The third-order valence-corrected chi connectivity index (χ3v) is 3.36. The van der Waals surface area contributed by atoms with Gasteiger partial charge in [-0.3, -0.25) is 4.79 Å². The molecular weight excluding hydrogens is 218 g/mol. The number of hydrogen-bond acceptors (Lipinski definition) is 3. The molecule has 0 unspecified atom stereocenters. The Balaban J connectivity index is 2.32. The number of rotatable bonds is 6. The van der Waals surface area contributed by atoms with Crippen molar-refractivity contribution in [2.75, 3.05) is 6.54 Å². The Morgan fingerprint density at radius 1 is 1.43 bits per heavy atom. The highest BCUT2D eigenvalue weighted by atomic mass is 35.5. The van der Waals surface area contributed by atoms with Gasteiger partial charge in [0.2, 0.25) is 0 Å². The van der Waals surface area contributed by atoms with E-state index >= 15 is 0 Å². The van der Waals surface area contributed by atoms with E-state index in [1.54, 1.807) is 6.07 Å². The van der Waals surface area contributed by atoms with Gasteiger partial charge < -0.3 is 5.73 Å². The fraction of sp³-hybridized carbons (Fsp3) is 0.500. The molecule has 14 heavy (non-hydrogen) atoms. The first-order chi connectivity index (χ1) is 6.75. The molecule has 0 saturated heterocycles. The maximum Gasteiger partial charge on any atom is 0.174 e. The van der Waals surface area contributed by atoms with Gasteiger partial charge in [0.15, 0.2) is 5.78 Å². The van der Waals surface area contributed by atoms with Crippen LogP contribution in [0.2, 0.25) is 5.02 Å². The molecule has 0 spiro atoms. The largest absolute Gasteiger partial charge is 0.330 e. The van der Waals surface area contributed by atoms with E-state index in [0.717, 1.165) is 19.3 Å². The molecule has 0 radical (unpaired) electrons. The fourth-order valence-electron chi connectivity index (χ4n) is 1.21. The van der Waals surface area contributed by atoms with Crippen LogP contribution in [0.15, 0.2) is 11.4 Å². The van der Waals surface area contributed by atoms with Crippen LogP contribution >= 0.6 is 22.9 Å². The van der Waals surface area contributed by atoms with Gasteiger partial charge in [0.25, 0.3) is 0 Å². The number of Topliss-reactive ketones (excluding diaryl/α,β-unsaturated/α-hetero) is 1. The molecule has 1 heterocycles. The lowest BCUT2D eigenvalue weighted by atomic mass is 10.1. The SMILES string of the molecule is NCCCCCC(=O)c1sccc1Cl. The fourth-order valence-corrected chi connectivity index (χ4v) is 2.34. The van der Waals surface area contributed by atoms with Crippen LogP contribution in [0.4, 0.5) is 0 Å². The first-order valence-electron chi connectivity index (χ1n) is 4.72. The van der Waals surface area contributed by atoms with Crippen LogP contribution in [0.1, 0.15) is 35.4 Å². The molecule has 0 saturated carbocycles. The van der Waals surface area contributed by atoms with Crippen molar-refractivity contribution < 1.29 is 4.79 Å². The lowest BCUT2D eigenvalue weighted by Crippen LogP contribution is -2.00. The van der Waals surface area contributed by atoms with Crippen LogP contribution in [0, 0.1) is 0 Å². The maximum absolute atomic E-state index is 11.6. The van der Waals surface area contributed by atoms with Gasteiger partial charge in [-0.2, -0.15) is 0 Å². The number of carbonyl (C=O) groups is 1. The standard InChI is InChI=1S/C10H14ClNOS/c11-8-5-7-14-10(8)9(13)4-2-1-3-6-12/h5,7H,1-4,6,12H2. The molecule has 1 rings (SSSR count). The van der Waals surface area contributed by atoms with Gasteiger partial charge in [-0.1, -0.05) is 18.0 Å². The van der Waals surface area contributed by atoms with Crippen LogP contribution in [-0.2, 0) is 0 Å². The third-order valence-electron chi connectivity index (χ3n) is 1.98. The van der Waals surface area contributed by atoms with Crippen molar-refractivity contribution in [3.63, 3.8) is 0 Å². The lowest BCUT2D eigenvalue weighted by molar-refractivity contribution is 0.0983. The highest BCUT2D eigenvalue weighted by Gasteiger charge is 2.10. The Morgan fingerprint density at radius 2 is 2.21 bits per heavy atom. The summed E-state index contributed by atoms with van der Waals surface area (Å²) >= 11 is 7.26. The summed E-state index contributed by atoms with van der Waals surface area (Å²) in [5.41, 5.74) is 5.36. The molecule has 2 N–H and O–H groups in total. The van der Waals surface area contributed by atoms with Gasteiger partial charge >= 0.3 is 0 Å². The second-order valence-corrected chi connectivity index (χ2v) is 4.44. The average molecular weight is 232 g/mol. The summed E-state index contributed by atoms with van der Waals surface area (Å²) < 4.78 is 0. The van der Waals surface area contributed by atoms with E-state index in [2.05, 4.69) is 0 Å². The second-order valence-electron chi connectivity index (χ2n) is 3.12. The molecule has 0 aliphatic carbocycles. The molecule has 78 valence electrons. The molecule has 0 atom stereocenters. The smallest absolute Gasteiger partial charge is 0.174 e. The van der Waals surface area contributed by atoms with Crippen molar-refractivity contribution in [1.29, 1.82) is 0 Å². The monoisotopic (exact) mass is 231 g/mol. The topological polar surface area (TPSA) is 43.1 Å². The zero-order valence-corrected chi connectivity index (χ0v) is 9.53. The van der Waals surface area contributed by atoms with Crippen LogP contribution < -0.4 is 5.73 Å². The molecule has 0 fully saturated rings. The summed E-state index contributed by atoms with van der Waals surface area (Å²) in [6.45, 7) is 0.702. The summed E-state index contributed by atoms with van der Waals surface area (Å²) in [6.07, 6.45) is 3.50. The molecule has 0 bridgehead atoms. The van der Waals surface area contributed by atoms with Gasteiger partial charge in [0, 0.05) is 6.42 Å². The summed E-state index contributed by atoms with van der Waals surface area (Å²) in [5, 5.41) is 2.42. The Kier molecular flexibility index (Phi) is 5.15. The first-order valence-corrected chi connectivity index (χ1v) is 5.97. The van der Waals surface area contributed by atoms with Gasteiger partial charge in [-0.05, 0) is 30.8 Å². The van der Waals surface area contributed by atoms with Crippen molar-refractivity contribution in [3.8, 4) is 0 Å². The van der Waals surface area contributed by atoms with Crippen LogP contribution in [0.5, 0.6) is 0 Å². The van der Waals surface area contributed by atoms with E-state index in [0.29, 0.717) is 22.9 Å². The van der Waals surface area contributed by atoms with E-state index in [-0.39, 0.29) is 5.78 Å². The van der Waals surface area contributed by atoms with Crippen molar-refractivity contribution in [2.24, 2.45) is 5.73 Å². The summed E-state index contributed by atoms with van der Waals surface area (Å²) in [6, 6.07) is 1.76. The molecule has 0 aliphatic rings. The lowest BCUT2D eigenvalue weighted by Gasteiger charge is -1.98. The minimum atomic E-state index is 0.155. The van der Waals surface area contributed by atoms with Crippen molar-refractivity contribution in [1.82, 2.24) is 0 Å². The molecule has 1 aromatic rings. The molecule has 4 heteroatoms. The van der Waals surface area contributed by atoms with E-state index in [4.69, 9.17) is 17.3 Å². The van der Waals surface area contributed by atoms with Crippen molar-refractivity contribution in [3.05, 3.63) is 21.3 Å². The molecule has 0 aromatic carbocycles. The van der Waals surface area contributed by atoms with E-state index < -0.39 is 0 Å². The minimum absolute atomic E-state index is 0.155. The summed E-state index contributed by atoms with van der Waals surface area (Å²) in [5.74, 6) is 0.155. The Labute approximate surface area is 93.1 Å². The van der Waals surface area contributed by atoms with Crippen LogP contribution in [0.3, 0.4) is 0 Å².